The summed E-state index contributed by atoms with van der Waals surface area (Å²) in [6.07, 6.45) is 1.14. The first-order valence-corrected chi connectivity index (χ1v) is 5.93. The van der Waals surface area contributed by atoms with E-state index in [4.69, 9.17) is 5.73 Å². The van der Waals surface area contributed by atoms with E-state index in [0.29, 0.717) is 12.0 Å². The van der Waals surface area contributed by atoms with E-state index in [1.165, 1.54) is 4.88 Å². The van der Waals surface area contributed by atoms with E-state index in [2.05, 4.69) is 43.4 Å². The lowest BCUT2D eigenvalue weighted by molar-refractivity contribution is 0.259. The normalized spacial score (nSPS) is 15.8. The lowest BCUT2D eigenvalue weighted by Crippen LogP contribution is -2.23. The molecule has 0 aliphatic heterocycles. The monoisotopic (exact) mass is 212 g/mol. The molecular formula is C11H20N2S. The molecule has 0 fully saturated rings. The average molecular weight is 212 g/mol. The molecule has 1 rings (SSSR count). The van der Waals surface area contributed by atoms with Gasteiger partial charge >= 0.3 is 0 Å². The van der Waals surface area contributed by atoms with Crippen LogP contribution in [0.5, 0.6) is 0 Å². The summed E-state index contributed by atoms with van der Waals surface area (Å²) in [6, 6.07) is 4.84. The second-order valence-corrected chi connectivity index (χ2v) is 5.05. The van der Waals surface area contributed by atoms with Gasteiger partial charge in [0.1, 0.15) is 0 Å². The molecule has 0 spiro atoms. The largest absolute Gasteiger partial charge is 0.330 e. The first-order chi connectivity index (χ1) is 6.65. The zero-order valence-corrected chi connectivity index (χ0v) is 10.1. The van der Waals surface area contributed by atoms with Crippen LogP contribution in [0.15, 0.2) is 17.5 Å². The summed E-state index contributed by atoms with van der Waals surface area (Å²) in [4.78, 5) is 3.72. The third kappa shape index (κ3) is 3.08. The summed E-state index contributed by atoms with van der Waals surface area (Å²) in [7, 11) is 4.27. The average Bonchev–Trinajstić information content (AvgIpc) is 2.65. The van der Waals surface area contributed by atoms with E-state index >= 15 is 0 Å². The van der Waals surface area contributed by atoms with E-state index in [9.17, 15) is 0 Å². The van der Waals surface area contributed by atoms with Crippen LogP contribution < -0.4 is 5.73 Å². The van der Waals surface area contributed by atoms with Crippen molar-refractivity contribution in [1.29, 1.82) is 0 Å². The molecule has 0 aliphatic rings. The van der Waals surface area contributed by atoms with Gasteiger partial charge in [0, 0.05) is 10.9 Å². The summed E-state index contributed by atoms with van der Waals surface area (Å²) in [5.74, 6) is 0.587. The molecule has 1 heterocycles. The molecule has 1 aromatic rings. The third-order valence-corrected chi connectivity index (χ3v) is 3.50. The van der Waals surface area contributed by atoms with Crippen LogP contribution in [0.3, 0.4) is 0 Å². The molecular weight excluding hydrogens is 192 g/mol. The SMILES string of the molecule is CC(CN)CC(c1cccs1)N(C)C. The fourth-order valence-corrected chi connectivity index (χ4v) is 2.48. The molecule has 0 radical (unpaired) electrons. The molecule has 2 unspecified atom stereocenters. The Balaban J connectivity index is 2.66. The highest BCUT2D eigenvalue weighted by molar-refractivity contribution is 7.10. The number of nitrogens with two attached hydrogens (primary N) is 1. The minimum Gasteiger partial charge on any atom is -0.330 e. The molecule has 2 N–H and O–H groups in total. The molecule has 80 valence electrons. The van der Waals surface area contributed by atoms with Crippen LogP contribution in [-0.4, -0.2) is 25.5 Å². The van der Waals surface area contributed by atoms with Crippen LogP contribution in [-0.2, 0) is 0 Å². The lowest BCUT2D eigenvalue weighted by Gasteiger charge is -2.25. The van der Waals surface area contributed by atoms with Crippen LogP contribution in [0.2, 0.25) is 0 Å². The lowest BCUT2D eigenvalue weighted by atomic mass is 10.0. The zero-order chi connectivity index (χ0) is 10.6. The smallest absolute Gasteiger partial charge is 0.0438 e. The highest BCUT2D eigenvalue weighted by Crippen LogP contribution is 2.28. The van der Waals surface area contributed by atoms with Crippen LogP contribution in [0.1, 0.15) is 24.3 Å². The van der Waals surface area contributed by atoms with Crippen molar-refractivity contribution in [3.63, 3.8) is 0 Å². The van der Waals surface area contributed by atoms with Crippen LogP contribution in [0, 0.1) is 5.92 Å². The second-order valence-electron chi connectivity index (χ2n) is 4.07. The van der Waals surface area contributed by atoms with E-state index in [1.54, 1.807) is 0 Å². The molecule has 0 aromatic carbocycles. The predicted molar refractivity (Wildman–Crippen MR) is 63.6 cm³/mol. The van der Waals surface area contributed by atoms with Gasteiger partial charge in [0.2, 0.25) is 0 Å². The minimum atomic E-state index is 0.522. The van der Waals surface area contributed by atoms with Gasteiger partial charge in [-0.05, 0) is 44.4 Å². The number of hydrogen-bond acceptors (Lipinski definition) is 3. The minimum absolute atomic E-state index is 0.522. The zero-order valence-electron chi connectivity index (χ0n) is 9.23. The Morgan fingerprint density at radius 2 is 2.21 bits per heavy atom. The van der Waals surface area contributed by atoms with Crippen molar-refractivity contribution in [1.82, 2.24) is 4.90 Å². The number of rotatable bonds is 5. The topological polar surface area (TPSA) is 29.3 Å². The van der Waals surface area contributed by atoms with Gasteiger partial charge in [0.15, 0.2) is 0 Å². The van der Waals surface area contributed by atoms with Gasteiger partial charge in [-0.2, -0.15) is 0 Å². The van der Waals surface area contributed by atoms with E-state index in [-0.39, 0.29) is 0 Å². The fourth-order valence-electron chi connectivity index (χ4n) is 1.54. The first kappa shape index (κ1) is 11.7. The van der Waals surface area contributed by atoms with Crippen molar-refractivity contribution in [3.05, 3.63) is 22.4 Å². The molecule has 1 aromatic heterocycles. The predicted octanol–water partition coefficient (Wildman–Crippen LogP) is 2.34. The van der Waals surface area contributed by atoms with Crippen molar-refractivity contribution in [2.24, 2.45) is 11.7 Å². The van der Waals surface area contributed by atoms with Crippen LogP contribution in [0.4, 0.5) is 0 Å². The van der Waals surface area contributed by atoms with Crippen molar-refractivity contribution in [2.45, 2.75) is 19.4 Å². The number of nitrogens with zero attached hydrogens (tertiary/aromatic N) is 1. The van der Waals surface area contributed by atoms with Gasteiger partial charge in [0.05, 0.1) is 0 Å². The highest BCUT2D eigenvalue weighted by Gasteiger charge is 2.17. The van der Waals surface area contributed by atoms with E-state index in [1.807, 2.05) is 11.3 Å². The summed E-state index contributed by atoms with van der Waals surface area (Å²) in [5, 5.41) is 2.14. The third-order valence-electron chi connectivity index (χ3n) is 2.52. The van der Waals surface area contributed by atoms with E-state index < -0.39 is 0 Å². The van der Waals surface area contributed by atoms with Gasteiger partial charge < -0.3 is 10.6 Å². The van der Waals surface area contributed by atoms with Gasteiger partial charge in [-0.15, -0.1) is 11.3 Å². The Morgan fingerprint density at radius 3 is 2.64 bits per heavy atom. The molecule has 0 saturated heterocycles. The van der Waals surface area contributed by atoms with Crippen LogP contribution >= 0.6 is 11.3 Å². The molecule has 2 nitrogen and oxygen atoms in total. The molecule has 3 heteroatoms. The molecule has 0 saturated carbocycles. The standard InChI is InChI=1S/C11H20N2S/c1-9(8-12)7-10(13(2)3)11-5-4-6-14-11/h4-6,9-10H,7-8,12H2,1-3H3. The van der Waals surface area contributed by atoms with Gasteiger partial charge in [-0.25, -0.2) is 0 Å². The summed E-state index contributed by atoms with van der Waals surface area (Å²) < 4.78 is 0. The first-order valence-electron chi connectivity index (χ1n) is 5.05. The van der Waals surface area contributed by atoms with Crippen molar-refractivity contribution < 1.29 is 0 Å². The van der Waals surface area contributed by atoms with Gasteiger partial charge in [-0.3, -0.25) is 0 Å². The fraction of sp³-hybridized carbons (Fsp3) is 0.636. The van der Waals surface area contributed by atoms with Crippen molar-refractivity contribution >= 4 is 11.3 Å². The maximum atomic E-state index is 5.66. The summed E-state index contributed by atoms with van der Waals surface area (Å²) >= 11 is 1.83. The van der Waals surface area contributed by atoms with Crippen molar-refractivity contribution in [2.75, 3.05) is 20.6 Å². The Hall–Kier alpha value is -0.380. The highest BCUT2D eigenvalue weighted by atomic mass is 32.1. The maximum absolute atomic E-state index is 5.66. The number of thiophene rings is 1. The van der Waals surface area contributed by atoms with Gasteiger partial charge in [-0.1, -0.05) is 13.0 Å². The Bertz CT molecular complexity index is 244. The quantitative estimate of drug-likeness (QED) is 0.811. The maximum Gasteiger partial charge on any atom is 0.0438 e. The summed E-state index contributed by atoms with van der Waals surface area (Å²) in [5.41, 5.74) is 5.66. The molecule has 2 atom stereocenters. The Morgan fingerprint density at radius 1 is 1.50 bits per heavy atom. The number of hydrogen-bond donors (Lipinski definition) is 1. The van der Waals surface area contributed by atoms with E-state index in [0.717, 1.165) is 13.0 Å². The second kappa shape index (κ2) is 5.49. The van der Waals surface area contributed by atoms with Crippen LogP contribution in [0.25, 0.3) is 0 Å². The molecule has 14 heavy (non-hydrogen) atoms. The Labute approximate surface area is 90.7 Å². The summed E-state index contributed by atoms with van der Waals surface area (Å²) in [6.45, 7) is 2.99. The molecule has 0 amide bonds. The Kier molecular flexibility index (Phi) is 4.58. The van der Waals surface area contributed by atoms with Crippen molar-refractivity contribution in [3.8, 4) is 0 Å². The van der Waals surface area contributed by atoms with Gasteiger partial charge in [0.25, 0.3) is 0 Å². The molecule has 0 aliphatic carbocycles. The molecule has 0 bridgehead atoms.